The minimum atomic E-state index is -4.87. The average Bonchev–Trinajstić information content (AvgIpc) is 2.64. The summed E-state index contributed by atoms with van der Waals surface area (Å²) in [6, 6.07) is 11.2. The van der Waals surface area contributed by atoms with Crippen LogP contribution in [-0.2, 0) is 9.47 Å². The Kier molecular flexibility index (Phi) is 7.37. The van der Waals surface area contributed by atoms with E-state index in [1.165, 1.54) is 24.3 Å². The van der Waals surface area contributed by atoms with Gasteiger partial charge in [-0.1, -0.05) is 42.5 Å². The lowest BCUT2D eigenvalue weighted by Crippen LogP contribution is -2.36. The molecule has 0 N–H and O–H groups in total. The summed E-state index contributed by atoms with van der Waals surface area (Å²) in [5.41, 5.74) is -0.0485. The zero-order valence-electron chi connectivity index (χ0n) is 14.6. The molecule has 3 nitrogen and oxygen atoms in total. The molecule has 0 aliphatic rings. The van der Waals surface area contributed by atoms with Crippen LogP contribution < -0.4 is 0 Å². The van der Waals surface area contributed by atoms with Crippen LogP contribution in [0.25, 0.3) is 0 Å². The summed E-state index contributed by atoms with van der Waals surface area (Å²) in [5, 5.41) is 0. The lowest BCUT2D eigenvalue weighted by Gasteiger charge is -2.28. The van der Waals surface area contributed by atoms with Crippen LogP contribution >= 0.6 is 0 Å². The number of carbonyl (C=O) groups excluding carboxylic acids is 1. The second-order valence-electron chi connectivity index (χ2n) is 5.98. The first-order valence-electron chi connectivity index (χ1n) is 8.18. The maximum atomic E-state index is 13.2. The van der Waals surface area contributed by atoms with Gasteiger partial charge in [0.2, 0.25) is 0 Å². The molecule has 2 aromatic rings. The van der Waals surface area contributed by atoms with Gasteiger partial charge in [-0.15, -0.1) is 0 Å². The number of Topliss-reactive ketones (excluding diaryl/α,β-unsaturated/α-hetero) is 1. The average molecular weight is 424 g/mol. The highest BCUT2D eigenvalue weighted by molar-refractivity contribution is 6.01. The van der Waals surface area contributed by atoms with Crippen LogP contribution in [0.5, 0.6) is 0 Å². The first kappa shape index (κ1) is 22.8. The van der Waals surface area contributed by atoms with Gasteiger partial charge in [-0.3, -0.25) is 4.79 Å². The number of benzene rings is 2. The second kappa shape index (κ2) is 9.36. The number of hydrogen-bond donors (Lipinski definition) is 0. The molecule has 0 saturated heterocycles. The summed E-state index contributed by atoms with van der Waals surface area (Å²) in [4.78, 5) is 12.9. The second-order valence-corrected chi connectivity index (χ2v) is 5.98. The van der Waals surface area contributed by atoms with Crippen molar-refractivity contribution in [3.63, 3.8) is 0 Å². The predicted molar refractivity (Wildman–Crippen MR) is 87.7 cm³/mol. The summed E-state index contributed by atoms with van der Waals surface area (Å²) >= 11 is 0. The molecule has 0 saturated carbocycles. The lowest BCUT2D eigenvalue weighted by atomic mass is 9.90. The molecule has 1 unspecified atom stereocenters. The molecule has 0 fully saturated rings. The van der Waals surface area contributed by atoms with Gasteiger partial charge in [-0.05, 0) is 17.7 Å². The van der Waals surface area contributed by atoms with Gasteiger partial charge in [0, 0.05) is 5.56 Å². The molecule has 0 amide bonds. The van der Waals surface area contributed by atoms with Gasteiger partial charge in [0.25, 0.3) is 0 Å². The molecule has 1 atom stereocenters. The number of ether oxygens (including phenoxy) is 2. The number of rotatable bonds is 8. The number of alkyl halides is 6. The van der Waals surface area contributed by atoms with E-state index in [1.807, 2.05) is 0 Å². The van der Waals surface area contributed by atoms with E-state index >= 15 is 0 Å². The minimum Gasteiger partial charge on any atom is -0.342 e. The van der Waals surface area contributed by atoms with Gasteiger partial charge in [0.15, 0.2) is 12.1 Å². The Labute approximate surface area is 161 Å². The molecule has 0 heterocycles. The summed E-state index contributed by atoms with van der Waals surface area (Å²) in [6.07, 6.45) is -12.0. The smallest absolute Gasteiger partial charge is 0.342 e. The Balaban J connectivity index is 2.43. The van der Waals surface area contributed by atoms with E-state index in [2.05, 4.69) is 9.47 Å². The standard InChI is InChI=1S/C19H15F7O3/c20-14-8-6-12(7-9-14)15(16(27)13-4-2-1-3-5-13)17(28-10-18(21,22)23)29-11-19(24,25)26/h1-9,15,17H,10-11H2. The molecule has 0 aliphatic carbocycles. The zero-order chi connectivity index (χ0) is 21.7. The van der Waals surface area contributed by atoms with Gasteiger partial charge in [-0.25, -0.2) is 4.39 Å². The van der Waals surface area contributed by atoms with Crippen LogP contribution in [0.4, 0.5) is 30.7 Å². The quantitative estimate of drug-likeness (QED) is 0.329. The van der Waals surface area contributed by atoms with Crippen molar-refractivity contribution in [3.05, 3.63) is 71.5 Å². The van der Waals surface area contributed by atoms with E-state index in [0.29, 0.717) is 0 Å². The molecule has 0 aliphatic heterocycles. The van der Waals surface area contributed by atoms with Crippen LogP contribution in [0, 0.1) is 5.82 Å². The van der Waals surface area contributed by atoms with Crippen LogP contribution in [0.3, 0.4) is 0 Å². The molecule has 10 heteroatoms. The van der Waals surface area contributed by atoms with E-state index < -0.39 is 49.4 Å². The molecule has 2 rings (SSSR count). The Hall–Kier alpha value is -2.46. The van der Waals surface area contributed by atoms with E-state index in [1.54, 1.807) is 6.07 Å². The van der Waals surface area contributed by atoms with Crippen molar-refractivity contribution in [2.24, 2.45) is 0 Å². The molecule has 0 spiro atoms. The Morgan fingerprint density at radius 2 is 1.28 bits per heavy atom. The third-order valence-corrected chi connectivity index (χ3v) is 3.66. The van der Waals surface area contributed by atoms with Gasteiger partial charge in [0.05, 0.1) is 5.92 Å². The molecule has 2 aromatic carbocycles. The van der Waals surface area contributed by atoms with Crippen molar-refractivity contribution in [1.29, 1.82) is 0 Å². The van der Waals surface area contributed by atoms with Crippen molar-refractivity contribution in [2.45, 2.75) is 24.6 Å². The number of carbonyl (C=O) groups is 1. The fraction of sp³-hybridized carbons (Fsp3) is 0.316. The Bertz CT molecular complexity index is 768. The largest absolute Gasteiger partial charge is 0.411 e. The van der Waals surface area contributed by atoms with Gasteiger partial charge < -0.3 is 9.47 Å². The monoisotopic (exact) mass is 424 g/mol. The highest BCUT2D eigenvalue weighted by Gasteiger charge is 2.39. The number of ketones is 1. The summed E-state index contributed by atoms with van der Waals surface area (Å²) in [7, 11) is 0. The normalized spacial score (nSPS) is 13.5. The van der Waals surface area contributed by atoms with Crippen LogP contribution in [0.15, 0.2) is 54.6 Å². The first-order chi connectivity index (χ1) is 13.5. The molecule has 158 valence electrons. The van der Waals surface area contributed by atoms with Crippen LogP contribution in [0.1, 0.15) is 21.8 Å². The topological polar surface area (TPSA) is 35.5 Å². The van der Waals surface area contributed by atoms with Crippen LogP contribution in [0.2, 0.25) is 0 Å². The molecular formula is C19H15F7O3. The Morgan fingerprint density at radius 1 is 0.793 bits per heavy atom. The zero-order valence-corrected chi connectivity index (χ0v) is 14.6. The number of halogens is 7. The minimum absolute atomic E-state index is 0.0121. The van der Waals surface area contributed by atoms with Crippen molar-refractivity contribution in [3.8, 4) is 0 Å². The first-order valence-corrected chi connectivity index (χ1v) is 8.18. The van der Waals surface area contributed by atoms with Crippen molar-refractivity contribution in [1.82, 2.24) is 0 Å². The van der Waals surface area contributed by atoms with E-state index in [-0.39, 0.29) is 11.1 Å². The molecule has 0 bridgehead atoms. The fourth-order valence-corrected chi connectivity index (χ4v) is 2.48. The molecular weight excluding hydrogens is 409 g/mol. The summed E-state index contributed by atoms with van der Waals surface area (Å²) in [6.45, 7) is -3.87. The Morgan fingerprint density at radius 3 is 1.72 bits per heavy atom. The lowest BCUT2D eigenvalue weighted by molar-refractivity contribution is -0.261. The van der Waals surface area contributed by atoms with E-state index in [4.69, 9.17) is 0 Å². The summed E-state index contributed by atoms with van der Waals surface area (Å²) < 4.78 is 97.9. The molecule has 0 radical (unpaired) electrons. The van der Waals surface area contributed by atoms with Crippen molar-refractivity contribution in [2.75, 3.05) is 13.2 Å². The molecule has 29 heavy (non-hydrogen) atoms. The van der Waals surface area contributed by atoms with E-state index in [0.717, 1.165) is 24.3 Å². The molecule has 0 aromatic heterocycles. The maximum absolute atomic E-state index is 13.2. The van der Waals surface area contributed by atoms with Crippen LogP contribution in [-0.4, -0.2) is 37.6 Å². The van der Waals surface area contributed by atoms with Gasteiger partial charge in [-0.2, -0.15) is 26.3 Å². The van der Waals surface area contributed by atoms with Crippen molar-refractivity contribution < 1.29 is 45.0 Å². The fourth-order valence-electron chi connectivity index (χ4n) is 2.48. The SMILES string of the molecule is O=C(c1ccccc1)C(c1ccc(F)cc1)C(OCC(F)(F)F)OCC(F)(F)F. The van der Waals surface area contributed by atoms with Gasteiger partial charge >= 0.3 is 12.4 Å². The summed E-state index contributed by atoms with van der Waals surface area (Å²) in [5.74, 6) is -3.24. The maximum Gasteiger partial charge on any atom is 0.411 e. The highest BCUT2D eigenvalue weighted by atomic mass is 19.4. The highest BCUT2D eigenvalue weighted by Crippen LogP contribution is 2.30. The number of hydrogen-bond acceptors (Lipinski definition) is 3. The van der Waals surface area contributed by atoms with Gasteiger partial charge in [0.1, 0.15) is 19.0 Å². The van der Waals surface area contributed by atoms with Crippen molar-refractivity contribution >= 4 is 5.78 Å². The predicted octanol–water partition coefficient (Wildman–Crippen LogP) is 5.28. The third-order valence-electron chi connectivity index (χ3n) is 3.66. The van der Waals surface area contributed by atoms with E-state index in [9.17, 15) is 35.5 Å². The third kappa shape index (κ3) is 7.47.